The van der Waals surface area contributed by atoms with Gasteiger partial charge in [0.1, 0.15) is 0 Å². The third-order valence-corrected chi connectivity index (χ3v) is 8.67. The van der Waals surface area contributed by atoms with Gasteiger partial charge in [-0.3, -0.25) is 9.69 Å². The number of ether oxygens (including phenoxy) is 1. The van der Waals surface area contributed by atoms with Crippen LogP contribution in [0.2, 0.25) is 0 Å². The zero-order valence-corrected chi connectivity index (χ0v) is 20.4. The van der Waals surface area contributed by atoms with E-state index >= 15 is 0 Å². The first-order chi connectivity index (χ1) is 16.5. The fraction of sp³-hybridized carbons (Fsp3) is 0.448. The number of hydrogen-bond donors (Lipinski definition) is 1. The lowest BCUT2D eigenvalue weighted by molar-refractivity contribution is -0.138. The Hall–Kier alpha value is -2.68. The van der Waals surface area contributed by atoms with E-state index in [1.807, 2.05) is 18.2 Å². The van der Waals surface area contributed by atoms with Crippen molar-refractivity contribution in [2.75, 3.05) is 7.11 Å². The minimum atomic E-state index is -0.829. The van der Waals surface area contributed by atoms with Crippen molar-refractivity contribution >= 4 is 23.2 Å². The van der Waals surface area contributed by atoms with Crippen molar-refractivity contribution in [3.63, 3.8) is 0 Å². The van der Waals surface area contributed by atoms with E-state index < -0.39 is 5.54 Å². The molecule has 0 bridgehead atoms. The maximum Gasteiger partial charge on any atom is 0.260 e. The van der Waals surface area contributed by atoms with Crippen LogP contribution in [0, 0.1) is 23.2 Å². The highest BCUT2D eigenvalue weighted by molar-refractivity contribution is 7.80. The van der Waals surface area contributed by atoms with Gasteiger partial charge in [0.05, 0.1) is 12.6 Å². The Morgan fingerprint density at radius 1 is 1.12 bits per heavy atom. The SMILES string of the molecule is COC1CCC2(CC1)Cc1ccc(C#CC3CC3)cc1C21NC(=S)N(Cc2ccccc2)C1=O. The Balaban J connectivity index is 1.43. The van der Waals surface area contributed by atoms with Gasteiger partial charge in [-0.1, -0.05) is 48.2 Å². The molecule has 1 aliphatic heterocycles. The van der Waals surface area contributed by atoms with Crippen LogP contribution < -0.4 is 5.32 Å². The Bertz CT molecular complexity index is 1200. The molecule has 0 aromatic heterocycles. The molecule has 2 spiro atoms. The highest BCUT2D eigenvalue weighted by atomic mass is 32.1. The average Bonchev–Trinajstić information content (AvgIpc) is 3.62. The molecule has 174 valence electrons. The topological polar surface area (TPSA) is 41.6 Å². The molecule has 1 heterocycles. The molecular weight excluding hydrogens is 440 g/mol. The first kappa shape index (κ1) is 21.8. The summed E-state index contributed by atoms with van der Waals surface area (Å²) in [5.74, 6) is 7.38. The van der Waals surface area contributed by atoms with Crippen LogP contribution in [0.15, 0.2) is 48.5 Å². The van der Waals surface area contributed by atoms with Crippen LogP contribution in [0.5, 0.6) is 0 Å². The summed E-state index contributed by atoms with van der Waals surface area (Å²) in [7, 11) is 1.79. The largest absolute Gasteiger partial charge is 0.381 e. The van der Waals surface area contributed by atoms with E-state index in [2.05, 4.69) is 47.5 Å². The van der Waals surface area contributed by atoms with Crippen molar-refractivity contribution in [1.29, 1.82) is 0 Å². The molecule has 3 aliphatic carbocycles. The summed E-state index contributed by atoms with van der Waals surface area (Å²) in [4.78, 5) is 16.2. The zero-order chi connectivity index (χ0) is 23.3. The van der Waals surface area contributed by atoms with Gasteiger partial charge in [-0.15, -0.1) is 0 Å². The molecule has 3 fully saturated rings. The van der Waals surface area contributed by atoms with Crippen LogP contribution in [-0.2, 0) is 28.0 Å². The molecule has 2 saturated carbocycles. The molecule has 6 rings (SSSR count). The maximum atomic E-state index is 14.4. The zero-order valence-electron chi connectivity index (χ0n) is 19.6. The van der Waals surface area contributed by atoms with E-state index in [1.54, 1.807) is 12.0 Å². The van der Waals surface area contributed by atoms with Crippen LogP contribution >= 0.6 is 12.2 Å². The van der Waals surface area contributed by atoms with E-state index in [1.165, 1.54) is 18.4 Å². The molecule has 34 heavy (non-hydrogen) atoms. The molecule has 0 radical (unpaired) electrons. The first-order valence-electron chi connectivity index (χ1n) is 12.4. The number of nitrogens with one attached hydrogen (secondary N) is 1. The van der Waals surface area contributed by atoms with Gasteiger partial charge in [0, 0.05) is 24.0 Å². The molecule has 4 nitrogen and oxygen atoms in total. The van der Waals surface area contributed by atoms with Crippen LogP contribution in [0.25, 0.3) is 0 Å². The molecule has 2 aromatic rings. The maximum absolute atomic E-state index is 14.4. The molecule has 1 N–H and O–H groups in total. The van der Waals surface area contributed by atoms with Crippen molar-refractivity contribution in [1.82, 2.24) is 10.2 Å². The van der Waals surface area contributed by atoms with Crippen molar-refractivity contribution in [3.05, 3.63) is 70.8 Å². The van der Waals surface area contributed by atoms with Crippen LogP contribution in [0.3, 0.4) is 0 Å². The molecule has 1 saturated heterocycles. The predicted molar refractivity (Wildman–Crippen MR) is 136 cm³/mol. The number of hydrogen-bond acceptors (Lipinski definition) is 3. The van der Waals surface area contributed by atoms with Gasteiger partial charge in [0.2, 0.25) is 0 Å². The fourth-order valence-corrected chi connectivity index (χ4v) is 6.61. The Morgan fingerprint density at radius 2 is 1.88 bits per heavy atom. The van der Waals surface area contributed by atoms with Gasteiger partial charge in [-0.2, -0.15) is 0 Å². The summed E-state index contributed by atoms with van der Waals surface area (Å²) in [6.45, 7) is 0.487. The Morgan fingerprint density at radius 3 is 2.59 bits per heavy atom. The van der Waals surface area contributed by atoms with E-state index in [0.717, 1.165) is 48.8 Å². The number of carbonyl (C=O) groups is 1. The molecule has 1 atom stereocenters. The third kappa shape index (κ3) is 3.39. The van der Waals surface area contributed by atoms with Gasteiger partial charge in [-0.25, -0.2) is 0 Å². The highest BCUT2D eigenvalue weighted by Crippen LogP contribution is 2.60. The van der Waals surface area contributed by atoms with Gasteiger partial charge in [-0.05, 0) is 86.0 Å². The molecular formula is C29H30N2O2S. The van der Waals surface area contributed by atoms with Gasteiger partial charge in [0.25, 0.3) is 5.91 Å². The minimum Gasteiger partial charge on any atom is -0.381 e. The second kappa shape index (κ2) is 8.22. The Labute approximate surface area is 207 Å². The Kier molecular flexibility index (Phi) is 5.28. The van der Waals surface area contributed by atoms with Crippen molar-refractivity contribution in [2.45, 2.75) is 63.1 Å². The van der Waals surface area contributed by atoms with Crippen molar-refractivity contribution in [2.24, 2.45) is 11.3 Å². The smallest absolute Gasteiger partial charge is 0.260 e. The number of methoxy groups -OCH3 is 1. The predicted octanol–water partition coefficient (Wildman–Crippen LogP) is 4.69. The standard InChI is InChI=1S/C29H30N2O2S/c1-33-24-13-15-28(16-14-24)18-23-12-11-21(10-9-20-7-8-20)17-25(23)29(28)26(32)31(27(34)30-29)19-22-5-3-2-4-6-22/h2-6,11-12,17,20,24H,7-8,13-16,18-19H2,1H3,(H,30,34). The molecule has 1 amide bonds. The lowest BCUT2D eigenvalue weighted by Crippen LogP contribution is -2.56. The quantitative estimate of drug-likeness (QED) is 0.522. The normalized spacial score (nSPS) is 29.8. The molecule has 5 heteroatoms. The lowest BCUT2D eigenvalue weighted by atomic mass is 9.61. The van der Waals surface area contributed by atoms with Crippen LogP contribution in [0.4, 0.5) is 0 Å². The van der Waals surface area contributed by atoms with Gasteiger partial charge in [0.15, 0.2) is 10.7 Å². The highest BCUT2D eigenvalue weighted by Gasteiger charge is 2.67. The first-order valence-corrected chi connectivity index (χ1v) is 12.8. The summed E-state index contributed by atoms with van der Waals surface area (Å²) >= 11 is 5.82. The minimum absolute atomic E-state index is 0.0864. The van der Waals surface area contributed by atoms with Gasteiger partial charge < -0.3 is 10.1 Å². The summed E-state index contributed by atoms with van der Waals surface area (Å²) < 4.78 is 5.69. The van der Waals surface area contributed by atoms with Crippen molar-refractivity contribution in [3.8, 4) is 11.8 Å². The summed E-state index contributed by atoms with van der Waals surface area (Å²) in [6, 6.07) is 16.6. The van der Waals surface area contributed by atoms with Gasteiger partial charge >= 0.3 is 0 Å². The number of thiocarbonyl (C=S) groups is 1. The van der Waals surface area contributed by atoms with E-state index in [0.29, 0.717) is 17.6 Å². The van der Waals surface area contributed by atoms with E-state index in [4.69, 9.17) is 17.0 Å². The number of fused-ring (bicyclic) bond motifs is 3. The number of benzene rings is 2. The summed E-state index contributed by atoms with van der Waals surface area (Å²) in [5.41, 5.74) is 3.36. The summed E-state index contributed by atoms with van der Waals surface area (Å²) in [6.07, 6.45) is 7.34. The number of carbonyl (C=O) groups excluding carboxylic acids is 1. The molecule has 4 aliphatic rings. The van der Waals surface area contributed by atoms with E-state index in [-0.39, 0.29) is 17.4 Å². The summed E-state index contributed by atoms with van der Waals surface area (Å²) in [5, 5.41) is 4.15. The number of rotatable bonds is 3. The molecule has 1 unspecified atom stereocenters. The molecule has 2 aromatic carbocycles. The second-order valence-electron chi connectivity index (χ2n) is 10.4. The third-order valence-electron chi connectivity index (χ3n) is 8.35. The number of nitrogens with zero attached hydrogens (tertiary/aromatic N) is 1. The van der Waals surface area contributed by atoms with Crippen LogP contribution in [0.1, 0.15) is 60.8 Å². The van der Waals surface area contributed by atoms with Crippen LogP contribution in [-0.4, -0.2) is 29.1 Å². The second-order valence-corrected chi connectivity index (χ2v) is 10.8. The number of amides is 1. The average molecular weight is 471 g/mol. The lowest BCUT2D eigenvalue weighted by Gasteiger charge is -2.46. The fourth-order valence-electron chi connectivity index (χ4n) is 6.31. The monoisotopic (exact) mass is 470 g/mol. The van der Waals surface area contributed by atoms with E-state index in [9.17, 15) is 4.79 Å². The van der Waals surface area contributed by atoms with Crippen molar-refractivity contribution < 1.29 is 9.53 Å².